The first-order valence-electron chi connectivity index (χ1n) is 5.05. The highest BCUT2D eigenvalue weighted by molar-refractivity contribution is 7.71. The Hall–Kier alpha value is -1.73. The average Bonchev–Trinajstić information content (AvgIpc) is 2.80. The fourth-order valence-electron chi connectivity index (χ4n) is 1.53. The van der Waals surface area contributed by atoms with Crippen LogP contribution in [-0.4, -0.2) is 33.2 Å². The molecule has 0 saturated heterocycles. The Morgan fingerprint density at radius 2 is 2.41 bits per heavy atom. The first-order chi connectivity index (χ1) is 8.22. The largest absolute Gasteiger partial charge is 0.383 e. The second kappa shape index (κ2) is 5.07. The molecule has 90 valence electrons. The van der Waals surface area contributed by atoms with Gasteiger partial charge in [0.05, 0.1) is 12.3 Å². The molecule has 0 unspecified atom stereocenters. The molecule has 17 heavy (non-hydrogen) atoms. The molecule has 0 saturated carbocycles. The summed E-state index contributed by atoms with van der Waals surface area (Å²) in [7, 11) is 1.61. The predicted molar refractivity (Wildman–Crippen MR) is 65.3 cm³/mol. The molecule has 6 nitrogen and oxygen atoms in total. The SMILES string of the molecule is COCCn1c(-c2ncc[nH]2)cc(=O)[nH]c1=S. The van der Waals surface area contributed by atoms with Gasteiger partial charge in [-0.1, -0.05) is 0 Å². The van der Waals surface area contributed by atoms with Crippen LogP contribution in [0.4, 0.5) is 0 Å². The molecule has 0 spiro atoms. The van der Waals surface area contributed by atoms with Crippen molar-refractivity contribution < 1.29 is 4.74 Å². The highest BCUT2D eigenvalue weighted by Crippen LogP contribution is 2.12. The fourth-order valence-corrected chi connectivity index (χ4v) is 1.82. The van der Waals surface area contributed by atoms with Crippen molar-refractivity contribution in [3.63, 3.8) is 0 Å². The van der Waals surface area contributed by atoms with Crippen molar-refractivity contribution in [1.29, 1.82) is 0 Å². The third-order valence-corrected chi connectivity index (χ3v) is 2.62. The number of H-pyrrole nitrogens is 2. The van der Waals surface area contributed by atoms with E-state index in [1.54, 1.807) is 24.1 Å². The van der Waals surface area contributed by atoms with Gasteiger partial charge < -0.3 is 14.3 Å². The number of hydrogen-bond acceptors (Lipinski definition) is 4. The molecule has 0 radical (unpaired) electrons. The second-order valence-corrected chi connectivity index (χ2v) is 3.79. The first-order valence-corrected chi connectivity index (χ1v) is 5.46. The van der Waals surface area contributed by atoms with E-state index in [2.05, 4.69) is 15.0 Å². The molecular formula is C10H12N4O2S. The van der Waals surface area contributed by atoms with Crippen LogP contribution in [0.3, 0.4) is 0 Å². The van der Waals surface area contributed by atoms with E-state index in [1.807, 2.05) is 0 Å². The number of nitrogens with one attached hydrogen (secondary N) is 2. The van der Waals surface area contributed by atoms with E-state index in [0.29, 0.717) is 29.4 Å². The molecule has 2 rings (SSSR count). The lowest BCUT2D eigenvalue weighted by atomic mass is 10.3. The molecule has 0 amide bonds. The number of ether oxygens (including phenoxy) is 1. The van der Waals surface area contributed by atoms with Gasteiger partial charge in [-0.25, -0.2) is 4.98 Å². The maximum Gasteiger partial charge on any atom is 0.252 e. The van der Waals surface area contributed by atoms with Gasteiger partial charge in [0, 0.05) is 32.1 Å². The van der Waals surface area contributed by atoms with Crippen molar-refractivity contribution in [1.82, 2.24) is 19.5 Å². The van der Waals surface area contributed by atoms with E-state index in [4.69, 9.17) is 17.0 Å². The van der Waals surface area contributed by atoms with Gasteiger partial charge in [0.25, 0.3) is 5.56 Å². The molecule has 0 fully saturated rings. The van der Waals surface area contributed by atoms with Crippen molar-refractivity contribution >= 4 is 12.2 Å². The average molecular weight is 252 g/mol. The number of nitrogens with zero attached hydrogens (tertiary/aromatic N) is 2. The second-order valence-electron chi connectivity index (χ2n) is 3.41. The summed E-state index contributed by atoms with van der Waals surface area (Å²) in [5.41, 5.74) is 0.413. The van der Waals surface area contributed by atoms with Crippen LogP contribution in [0, 0.1) is 4.77 Å². The number of rotatable bonds is 4. The monoisotopic (exact) mass is 252 g/mol. The Labute approximate surface area is 102 Å². The predicted octanol–water partition coefficient (Wildman–Crippen LogP) is 0.942. The van der Waals surface area contributed by atoms with Gasteiger partial charge >= 0.3 is 0 Å². The van der Waals surface area contributed by atoms with Crippen LogP contribution in [0.1, 0.15) is 0 Å². The van der Waals surface area contributed by atoms with Gasteiger partial charge in [-0.15, -0.1) is 0 Å². The number of hydrogen-bond donors (Lipinski definition) is 2. The number of aromatic nitrogens is 4. The minimum Gasteiger partial charge on any atom is -0.383 e. The van der Waals surface area contributed by atoms with Crippen molar-refractivity contribution in [2.45, 2.75) is 6.54 Å². The molecule has 2 N–H and O–H groups in total. The summed E-state index contributed by atoms with van der Waals surface area (Å²) in [6.07, 6.45) is 3.32. The van der Waals surface area contributed by atoms with Crippen LogP contribution in [0.25, 0.3) is 11.5 Å². The Kier molecular flexibility index (Phi) is 3.50. The highest BCUT2D eigenvalue weighted by Gasteiger charge is 2.08. The van der Waals surface area contributed by atoms with E-state index >= 15 is 0 Å². The molecule has 2 aromatic heterocycles. The maximum atomic E-state index is 11.4. The van der Waals surface area contributed by atoms with Crippen LogP contribution < -0.4 is 5.56 Å². The zero-order chi connectivity index (χ0) is 12.3. The van der Waals surface area contributed by atoms with E-state index in [1.165, 1.54) is 6.07 Å². The summed E-state index contributed by atoms with van der Waals surface area (Å²) < 4.78 is 7.15. The molecular weight excluding hydrogens is 240 g/mol. The van der Waals surface area contributed by atoms with Gasteiger partial charge in [-0.05, 0) is 12.2 Å². The first kappa shape index (κ1) is 11.7. The zero-order valence-electron chi connectivity index (χ0n) is 9.27. The Morgan fingerprint density at radius 3 is 3.06 bits per heavy atom. The summed E-state index contributed by atoms with van der Waals surface area (Å²) in [5, 5.41) is 0. The molecule has 0 aliphatic carbocycles. The Balaban J connectivity index is 2.56. The summed E-state index contributed by atoms with van der Waals surface area (Å²) >= 11 is 5.12. The van der Waals surface area contributed by atoms with Gasteiger partial charge in [0.1, 0.15) is 0 Å². The van der Waals surface area contributed by atoms with Crippen LogP contribution in [0.15, 0.2) is 23.3 Å². The lowest BCUT2D eigenvalue weighted by molar-refractivity contribution is 0.186. The van der Waals surface area contributed by atoms with Gasteiger partial charge in [0.2, 0.25) is 0 Å². The minimum absolute atomic E-state index is 0.241. The van der Waals surface area contributed by atoms with Crippen molar-refractivity contribution in [3.8, 4) is 11.5 Å². The molecule has 7 heteroatoms. The van der Waals surface area contributed by atoms with Crippen molar-refractivity contribution in [2.24, 2.45) is 0 Å². The quantitative estimate of drug-likeness (QED) is 0.794. The van der Waals surface area contributed by atoms with Crippen LogP contribution in [0.2, 0.25) is 0 Å². The Morgan fingerprint density at radius 1 is 1.59 bits per heavy atom. The lowest BCUT2D eigenvalue weighted by Crippen LogP contribution is -2.17. The van der Waals surface area contributed by atoms with E-state index in [0.717, 1.165) is 0 Å². The molecule has 2 aromatic rings. The molecule has 0 atom stereocenters. The zero-order valence-corrected chi connectivity index (χ0v) is 10.1. The smallest absolute Gasteiger partial charge is 0.252 e. The number of imidazole rings is 1. The van der Waals surface area contributed by atoms with Gasteiger partial charge in [0.15, 0.2) is 10.6 Å². The van der Waals surface area contributed by atoms with Crippen molar-refractivity contribution in [3.05, 3.63) is 33.6 Å². The molecule has 0 aliphatic rings. The third kappa shape index (κ3) is 2.51. The summed E-state index contributed by atoms with van der Waals surface area (Å²) in [4.78, 5) is 21.1. The number of aromatic amines is 2. The Bertz CT molecular complexity index is 600. The molecule has 2 heterocycles. The van der Waals surface area contributed by atoms with Crippen LogP contribution in [-0.2, 0) is 11.3 Å². The summed E-state index contributed by atoms with van der Waals surface area (Å²) in [6.45, 7) is 1.07. The minimum atomic E-state index is -0.241. The highest BCUT2D eigenvalue weighted by atomic mass is 32.1. The van der Waals surface area contributed by atoms with E-state index in [-0.39, 0.29) is 5.56 Å². The fraction of sp³-hybridized carbons (Fsp3) is 0.300. The van der Waals surface area contributed by atoms with Gasteiger partial charge in [-0.2, -0.15) is 0 Å². The normalized spacial score (nSPS) is 10.6. The lowest BCUT2D eigenvalue weighted by Gasteiger charge is -2.10. The van der Waals surface area contributed by atoms with E-state index < -0.39 is 0 Å². The van der Waals surface area contributed by atoms with Crippen LogP contribution >= 0.6 is 12.2 Å². The van der Waals surface area contributed by atoms with Gasteiger partial charge in [-0.3, -0.25) is 9.78 Å². The van der Waals surface area contributed by atoms with E-state index in [9.17, 15) is 4.79 Å². The summed E-state index contributed by atoms with van der Waals surface area (Å²) in [5.74, 6) is 0.610. The molecule has 0 bridgehead atoms. The topological polar surface area (TPSA) is 75.7 Å². The molecule has 0 aromatic carbocycles. The number of methoxy groups -OCH3 is 1. The maximum absolute atomic E-state index is 11.4. The van der Waals surface area contributed by atoms with Crippen LogP contribution in [0.5, 0.6) is 0 Å². The molecule has 0 aliphatic heterocycles. The summed E-state index contributed by atoms with van der Waals surface area (Å²) in [6, 6.07) is 1.46. The van der Waals surface area contributed by atoms with Crippen molar-refractivity contribution in [2.75, 3.05) is 13.7 Å². The standard InChI is InChI=1S/C10H12N4O2S/c1-16-5-4-14-7(9-11-2-3-12-9)6-8(15)13-10(14)17/h2-3,6H,4-5H2,1H3,(H,11,12)(H,13,15,17). The third-order valence-electron chi connectivity index (χ3n) is 2.29.